The van der Waals surface area contributed by atoms with Gasteiger partial charge in [-0.2, -0.15) is 0 Å². The van der Waals surface area contributed by atoms with E-state index in [4.69, 9.17) is 5.73 Å². The molecule has 2 rings (SSSR count). The van der Waals surface area contributed by atoms with Crippen molar-refractivity contribution in [1.29, 1.82) is 0 Å². The molecule has 1 unspecified atom stereocenters. The Morgan fingerprint density at radius 2 is 2.25 bits per heavy atom. The smallest absolute Gasteiger partial charge is 0.0470 e. The third-order valence-electron chi connectivity index (χ3n) is 3.16. The molecule has 1 fully saturated rings. The van der Waals surface area contributed by atoms with Crippen LogP contribution in [0.3, 0.4) is 0 Å². The molecule has 3 N–H and O–H groups in total. The zero-order chi connectivity index (χ0) is 11.6. The Bertz CT molecular complexity index is 363. The summed E-state index contributed by atoms with van der Waals surface area (Å²) in [5.41, 5.74) is 7.07. The molecule has 0 amide bonds. The van der Waals surface area contributed by atoms with E-state index in [0.29, 0.717) is 6.54 Å². The average Bonchev–Trinajstić information content (AvgIpc) is 3.01. The third-order valence-corrected chi connectivity index (χ3v) is 3.65. The summed E-state index contributed by atoms with van der Waals surface area (Å²) in [4.78, 5) is 0. The minimum Gasteiger partial charge on any atom is -0.379 e. The predicted octanol–water partition coefficient (Wildman–Crippen LogP) is 3.38. The predicted molar refractivity (Wildman–Crippen MR) is 72.6 cm³/mol. The van der Waals surface area contributed by atoms with Crippen molar-refractivity contribution < 1.29 is 0 Å². The lowest BCUT2D eigenvalue weighted by molar-refractivity contribution is 0.453. The van der Waals surface area contributed by atoms with Crippen molar-refractivity contribution in [2.75, 3.05) is 11.9 Å². The molecular weight excluding hydrogens is 264 g/mol. The van der Waals surface area contributed by atoms with E-state index < -0.39 is 0 Å². The van der Waals surface area contributed by atoms with E-state index >= 15 is 0 Å². The zero-order valence-electron chi connectivity index (χ0n) is 9.67. The van der Waals surface area contributed by atoms with Gasteiger partial charge in [0.05, 0.1) is 0 Å². The highest BCUT2D eigenvalue weighted by atomic mass is 79.9. The molecule has 1 aromatic carbocycles. The zero-order valence-corrected chi connectivity index (χ0v) is 11.3. The molecule has 0 spiro atoms. The molecule has 0 bridgehead atoms. The lowest BCUT2D eigenvalue weighted by Crippen LogP contribution is -2.43. The van der Waals surface area contributed by atoms with Gasteiger partial charge in [-0.3, -0.25) is 0 Å². The quantitative estimate of drug-likeness (QED) is 0.869. The summed E-state index contributed by atoms with van der Waals surface area (Å²) in [5, 5.41) is 3.56. The summed E-state index contributed by atoms with van der Waals surface area (Å²) in [5.74, 6) is 0.883. The van der Waals surface area contributed by atoms with Gasteiger partial charge < -0.3 is 11.1 Å². The maximum Gasteiger partial charge on any atom is 0.0470 e. The molecule has 0 heterocycles. The number of benzene rings is 1. The number of hydrogen-bond acceptors (Lipinski definition) is 2. The number of hydrogen-bond donors (Lipinski definition) is 2. The summed E-state index contributed by atoms with van der Waals surface area (Å²) >= 11 is 3.48. The van der Waals surface area contributed by atoms with Crippen LogP contribution < -0.4 is 11.1 Å². The number of halogens is 1. The normalized spacial score (nSPS) is 19.2. The Hall–Kier alpha value is -0.540. The molecule has 0 saturated heterocycles. The van der Waals surface area contributed by atoms with Crippen molar-refractivity contribution in [3.8, 4) is 0 Å². The standard InChI is InChI=1S/C13H19BrN2/c1-13(9-15,8-10-5-6-10)16-12-4-2-3-11(14)7-12/h2-4,7,10,16H,5-6,8-9,15H2,1H3. The Labute approximate surface area is 106 Å². The highest BCUT2D eigenvalue weighted by Crippen LogP contribution is 2.37. The third kappa shape index (κ3) is 3.22. The topological polar surface area (TPSA) is 38.0 Å². The van der Waals surface area contributed by atoms with Crippen LogP contribution in [0.5, 0.6) is 0 Å². The van der Waals surface area contributed by atoms with E-state index in [1.807, 2.05) is 12.1 Å². The Kier molecular flexibility index (Phi) is 3.55. The lowest BCUT2D eigenvalue weighted by Gasteiger charge is -2.31. The van der Waals surface area contributed by atoms with E-state index in [9.17, 15) is 0 Å². The summed E-state index contributed by atoms with van der Waals surface area (Å²) < 4.78 is 1.10. The number of nitrogens with one attached hydrogen (secondary N) is 1. The molecule has 1 aliphatic rings. The summed E-state index contributed by atoms with van der Waals surface area (Å²) in [6.45, 7) is 2.89. The Balaban J connectivity index is 2.04. The van der Waals surface area contributed by atoms with Crippen LogP contribution in [0.15, 0.2) is 28.7 Å². The van der Waals surface area contributed by atoms with Crippen LogP contribution in [-0.2, 0) is 0 Å². The van der Waals surface area contributed by atoms with E-state index in [1.54, 1.807) is 0 Å². The first-order valence-corrected chi connectivity index (χ1v) is 6.64. The van der Waals surface area contributed by atoms with E-state index in [-0.39, 0.29) is 5.54 Å². The molecule has 0 aliphatic heterocycles. The van der Waals surface area contributed by atoms with Gasteiger partial charge in [-0.1, -0.05) is 34.8 Å². The van der Waals surface area contributed by atoms with Crippen molar-refractivity contribution in [3.05, 3.63) is 28.7 Å². The molecule has 0 aromatic heterocycles. The molecule has 1 aliphatic carbocycles. The second kappa shape index (κ2) is 4.76. The van der Waals surface area contributed by atoms with Crippen molar-refractivity contribution in [2.24, 2.45) is 11.7 Å². The van der Waals surface area contributed by atoms with Crippen molar-refractivity contribution >= 4 is 21.6 Å². The van der Waals surface area contributed by atoms with Crippen LogP contribution >= 0.6 is 15.9 Å². The Morgan fingerprint density at radius 1 is 1.50 bits per heavy atom. The molecular formula is C13H19BrN2. The molecule has 1 atom stereocenters. The second-order valence-electron chi connectivity index (χ2n) is 5.05. The van der Waals surface area contributed by atoms with Gasteiger partial charge >= 0.3 is 0 Å². The SMILES string of the molecule is CC(CN)(CC1CC1)Nc1cccc(Br)c1. The maximum atomic E-state index is 5.89. The maximum absolute atomic E-state index is 5.89. The molecule has 1 aromatic rings. The minimum atomic E-state index is 0.0297. The highest BCUT2D eigenvalue weighted by molar-refractivity contribution is 9.10. The van der Waals surface area contributed by atoms with Crippen LogP contribution in [0.2, 0.25) is 0 Å². The summed E-state index contributed by atoms with van der Waals surface area (Å²) in [6, 6.07) is 8.26. The van der Waals surface area contributed by atoms with Gasteiger partial charge in [0, 0.05) is 22.2 Å². The number of rotatable bonds is 5. The Morgan fingerprint density at radius 3 is 2.81 bits per heavy atom. The molecule has 2 nitrogen and oxygen atoms in total. The summed E-state index contributed by atoms with van der Waals surface area (Å²) in [7, 11) is 0. The minimum absolute atomic E-state index is 0.0297. The fraction of sp³-hybridized carbons (Fsp3) is 0.538. The molecule has 88 valence electrons. The fourth-order valence-corrected chi connectivity index (χ4v) is 2.46. The van der Waals surface area contributed by atoms with E-state index in [1.165, 1.54) is 19.3 Å². The van der Waals surface area contributed by atoms with Crippen LogP contribution in [-0.4, -0.2) is 12.1 Å². The van der Waals surface area contributed by atoms with Crippen LogP contribution in [0, 0.1) is 5.92 Å². The van der Waals surface area contributed by atoms with Gasteiger partial charge in [-0.15, -0.1) is 0 Å². The van der Waals surface area contributed by atoms with E-state index in [2.05, 4.69) is 40.3 Å². The first kappa shape index (κ1) is 11.9. The van der Waals surface area contributed by atoms with Crippen molar-refractivity contribution in [2.45, 2.75) is 31.7 Å². The van der Waals surface area contributed by atoms with Crippen molar-refractivity contribution in [3.63, 3.8) is 0 Å². The van der Waals surface area contributed by atoms with Gasteiger partial charge in [-0.05, 0) is 37.5 Å². The van der Waals surface area contributed by atoms with Gasteiger partial charge in [0.2, 0.25) is 0 Å². The van der Waals surface area contributed by atoms with Crippen LogP contribution in [0.4, 0.5) is 5.69 Å². The molecule has 3 heteroatoms. The van der Waals surface area contributed by atoms with Crippen molar-refractivity contribution in [1.82, 2.24) is 0 Å². The second-order valence-corrected chi connectivity index (χ2v) is 5.96. The number of anilines is 1. The molecule has 1 saturated carbocycles. The van der Waals surface area contributed by atoms with Crippen LogP contribution in [0.25, 0.3) is 0 Å². The molecule has 16 heavy (non-hydrogen) atoms. The number of nitrogens with two attached hydrogens (primary N) is 1. The monoisotopic (exact) mass is 282 g/mol. The van der Waals surface area contributed by atoms with Crippen LogP contribution in [0.1, 0.15) is 26.2 Å². The van der Waals surface area contributed by atoms with Gasteiger partial charge in [0.25, 0.3) is 0 Å². The average molecular weight is 283 g/mol. The van der Waals surface area contributed by atoms with E-state index in [0.717, 1.165) is 16.1 Å². The first-order chi connectivity index (χ1) is 7.61. The first-order valence-electron chi connectivity index (χ1n) is 5.85. The largest absolute Gasteiger partial charge is 0.379 e. The highest BCUT2D eigenvalue weighted by Gasteiger charge is 2.32. The molecule has 0 radical (unpaired) electrons. The lowest BCUT2D eigenvalue weighted by atomic mass is 9.94. The fourth-order valence-electron chi connectivity index (χ4n) is 2.06. The summed E-state index contributed by atoms with van der Waals surface area (Å²) in [6.07, 6.45) is 3.92. The van der Waals surface area contributed by atoms with Gasteiger partial charge in [-0.25, -0.2) is 0 Å². The van der Waals surface area contributed by atoms with Gasteiger partial charge in [0.15, 0.2) is 0 Å². The van der Waals surface area contributed by atoms with Gasteiger partial charge in [0.1, 0.15) is 0 Å².